The fraction of sp³-hybridized carbons (Fsp3) is 0.962. The van der Waals surface area contributed by atoms with E-state index in [0.717, 1.165) is 32.1 Å². The van der Waals surface area contributed by atoms with Gasteiger partial charge in [-0.1, -0.05) is 34.0 Å². The van der Waals surface area contributed by atoms with Crippen LogP contribution in [0.4, 0.5) is 0 Å². The van der Waals surface area contributed by atoms with Gasteiger partial charge in [0.2, 0.25) is 0 Å². The Morgan fingerprint density at radius 1 is 1.10 bits per heavy atom. The van der Waals surface area contributed by atoms with Crippen LogP contribution in [-0.4, -0.2) is 33.5 Å². The van der Waals surface area contributed by atoms with Gasteiger partial charge in [-0.3, -0.25) is 4.79 Å². The van der Waals surface area contributed by atoms with Crippen LogP contribution >= 0.6 is 0 Å². The van der Waals surface area contributed by atoms with Crippen LogP contribution < -0.4 is 0 Å². The van der Waals surface area contributed by atoms with E-state index in [-0.39, 0.29) is 53.3 Å². The molecule has 3 N–H and O–H groups in total. The number of hydrogen-bond donors (Lipinski definition) is 3. The second-order valence-corrected chi connectivity index (χ2v) is 11.7. The summed E-state index contributed by atoms with van der Waals surface area (Å²) in [7, 11) is 0. The highest BCUT2D eigenvalue weighted by Crippen LogP contribution is 2.69. The normalized spacial score (nSPS) is 56.4. The summed E-state index contributed by atoms with van der Waals surface area (Å²) in [5, 5.41) is 31.6. The molecule has 0 aromatic carbocycles. The monoisotopic (exact) mass is 424 g/mol. The SMILES string of the molecule is [2H]C([2H])([2H])C[C@@H]1[C@@H]2C[C@H](O)CC[C@]2(C)C2CC[C@@]3(C)C(CC[C@@H]3[C@H](C)CCC(=O)O)C2[C@]1([2H])O. The third-order valence-electron chi connectivity index (χ3n) is 10.5. The van der Waals surface area contributed by atoms with Crippen molar-refractivity contribution >= 4 is 5.97 Å². The lowest BCUT2D eigenvalue weighted by Crippen LogP contribution is -2.62. The molecule has 0 spiro atoms. The third kappa shape index (κ3) is 3.36. The first-order valence-corrected chi connectivity index (χ1v) is 12.2. The van der Waals surface area contributed by atoms with E-state index in [2.05, 4.69) is 20.8 Å². The minimum atomic E-state index is -2.24. The number of carboxylic acid groups (broad SMARTS) is 1. The average Bonchev–Trinajstić information content (AvgIpc) is 3.07. The quantitative estimate of drug-likeness (QED) is 0.573. The molecule has 0 saturated heterocycles. The van der Waals surface area contributed by atoms with Crippen LogP contribution in [0.15, 0.2) is 0 Å². The Kier molecular flexibility index (Phi) is 4.81. The summed E-state index contributed by atoms with van der Waals surface area (Å²) in [5.41, 5.74) is -0.253. The molecule has 0 radical (unpaired) electrons. The van der Waals surface area contributed by atoms with Crippen molar-refractivity contribution in [2.75, 3.05) is 0 Å². The zero-order chi connectivity index (χ0) is 25.3. The van der Waals surface area contributed by atoms with E-state index in [1.54, 1.807) is 0 Å². The van der Waals surface area contributed by atoms with E-state index >= 15 is 0 Å². The van der Waals surface area contributed by atoms with Gasteiger partial charge in [0.1, 0.15) is 0 Å². The largest absolute Gasteiger partial charge is 0.481 e. The van der Waals surface area contributed by atoms with Gasteiger partial charge in [-0.05, 0) is 104 Å². The lowest BCUT2D eigenvalue weighted by molar-refractivity contribution is -0.203. The molecule has 0 amide bonds. The third-order valence-corrected chi connectivity index (χ3v) is 10.5. The number of hydrogen-bond acceptors (Lipinski definition) is 3. The van der Waals surface area contributed by atoms with Crippen molar-refractivity contribution < 1.29 is 25.6 Å². The van der Waals surface area contributed by atoms with Crippen LogP contribution in [0.1, 0.15) is 97.3 Å². The highest BCUT2D eigenvalue weighted by Gasteiger charge is 2.64. The molecule has 11 atom stereocenters. The second-order valence-electron chi connectivity index (χ2n) is 11.7. The smallest absolute Gasteiger partial charge is 0.303 e. The van der Waals surface area contributed by atoms with Gasteiger partial charge in [0.05, 0.1) is 13.6 Å². The van der Waals surface area contributed by atoms with Gasteiger partial charge in [0.15, 0.2) is 0 Å². The standard InChI is InChI=1S/C26H44O4/c1-5-17-21-14-16(27)10-12-26(21,4)20-11-13-25(3)18(15(2)6-9-22(28)29)7-8-19(25)23(20)24(17)30/h15-21,23-24,27,30H,5-14H2,1-4H3,(H,28,29)/t15-,16-,17-,18-,19?,20?,21+,23?,24-,25-,26-/m1/s1/i1D3,24D. The van der Waals surface area contributed by atoms with Gasteiger partial charge in [-0.25, -0.2) is 0 Å². The molecule has 0 aromatic heterocycles. The first-order chi connectivity index (χ1) is 15.6. The van der Waals surface area contributed by atoms with Gasteiger partial charge in [-0.2, -0.15) is 0 Å². The Hall–Kier alpha value is -0.610. The number of fused-ring (bicyclic) bond motifs is 5. The first kappa shape index (κ1) is 17.9. The Labute approximate surface area is 188 Å². The highest BCUT2D eigenvalue weighted by atomic mass is 16.4. The molecule has 4 nitrogen and oxygen atoms in total. The van der Waals surface area contributed by atoms with Gasteiger partial charge in [0.25, 0.3) is 0 Å². The molecule has 4 aliphatic rings. The molecule has 30 heavy (non-hydrogen) atoms. The molecule has 4 fully saturated rings. The van der Waals surface area contributed by atoms with Crippen molar-refractivity contribution in [2.24, 2.45) is 52.3 Å². The van der Waals surface area contributed by atoms with Gasteiger partial charge >= 0.3 is 5.97 Å². The summed E-state index contributed by atoms with van der Waals surface area (Å²) < 4.78 is 33.3. The summed E-state index contributed by atoms with van der Waals surface area (Å²) in [6.07, 6.45) is 4.06. The highest BCUT2D eigenvalue weighted by molar-refractivity contribution is 5.66. The molecule has 172 valence electrons. The predicted octanol–water partition coefficient (Wildman–Crippen LogP) is 5.11. The Morgan fingerprint density at radius 2 is 1.80 bits per heavy atom. The number of aliphatic hydroxyl groups is 2. The van der Waals surface area contributed by atoms with E-state index in [9.17, 15) is 21.5 Å². The number of aliphatic carboxylic acids is 1. The summed E-state index contributed by atoms with van der Waals surface area (Å²) in [6, 6.07) is 0. The maximum absolute atomic E-state index is 12.0. The molecule has 0 heterocycles. The maximum atomic E-state index is 12.0. The van der Waals surface area contributed by atoms with E-state index in [0.29, 0.717) is 25.2 Å². The molecule has 4 aliphatic carbocycles. The Morgan fingerprint density at radius 3 is 2.50 bits per heavy atom. The van der Waals surface area contributed by atoms with Crippen LogP contribution in [0, 0.1) is 52.3 Å². The fourth-order valence-electron chi connectivity index (χ4n) is 8.95. The molecule has 0 aromatic rings. The molecule has 0 aliphatic heterocycles. The fourth-order valence-corrected chi connectivity index (χ4v) is 8.95. The molecule has 4 rings (SSSR count). The van der Waals surface area contributed by atoms with E-state index < -0.39 is 30.9 Å². The molecular formula is C26H44O4. The van der Waals surface area contributed by atoms with E-state index in [1.165, 1.54) is 0 Å². The number of carboxylic acids is 1. The lowest BCUT2D eigenvalue weighted by Gasteiger charge is -2.64. The number of rotatable bonds is 5. The first-order valence-electron chi connectivity index (χ1n) is 14.2. The van der Waals surface area contributed by atoms with E-state index in [1.807, 2.05) is 0 Å². The second kappa shape index (κ2) is 8.06. The number of carbonyl (C=O) groups is 1. The van der Waals surface area contributed by atoms with Gasteiger partial charge in [0, 0.05) is 10.5 Å². The van der Waals surface area contributed by atoms with Crippen molar-refractivity contribution in [3.8, 4) is 0 Å². The zero-order valence-electron chi connectivity index (χ0n) is 22.9. The van der Waals surface area contributed by atoms with Crippen LogP contribution in [0.25, 0.3) is 0 Å². The van der Waals surface area contributed by atoms with Crippen molar-refractivity contribution in [1.82, 2.24) is 0 Å². The van der Waals surface area contributed by atoms with Gasteiger partial charge < -0.3 is 15.3 Å². The Balaban J connectivity index is 1.70. The summed E-state index contributed by atoms with van der Waals surface area (Å²) in [5.74, 6) is -1.02. The summed E-state index contributed by atoms with van der Waals surface area (Å²) >= 11 is 0. The van der Waals surface area contributed by atoms with Crippen LogP contribution in [0.5, 0.6) is 0 Å². The minimum Gasteiger partial charge on any atom is -0.481 e. The molecular weight excluding hydrogens is 376 g/mol. The van der Waals surface area contributed by atoms with Gasteiger partial charge in [-0.15, -0.1) is 0 Å². The Bertz CT molecular complexity index is 785. The molecule has 3 unspecified atom stereocenters. The summed E-state index contributed by atoms with van der Waals surface area (Å²) in [4.78, 5) is 11.2. The van der Waals surface area contributed by atoms with Crippen molar-refractivity contribution in [3.63, 3.8) is 0 Å². The van der Waals surface area contributed by atoms with Crippen LogP contribution in [0.3, 0.4) is 0 Å². The summed E-state index contributed by atoms with van der Waals surface area (Å²) in [6.45, 7) is 4.44. The maximum Gasteiger partial charge on any atom is 0.303 e. The number of aliphatic hydroxyl groups excluding tert-OH is 1. The van der Waals surface area contributed by atoms with Crippen molar-refractivity contribution in [2.45, 2.75) is 104 Å². The predicted molar refractivity (Wildman–Crippen MR) is 118 cm³/mol. The molecule has 4 saturated carbocycles. The van der Waals surface area contributed by atoms with Crippen molar-refractivity contribution in [3.05, 3.63) is 0 Å². The average molecular weight is 425 g/mol. The topological polar surface area (TPSA) is 77.8 Å². The van der Waals surface area contributed by atoms with Crippen molar-refractivity contribution in [1.29, 1.82) is 0 Å². The zero-order valence-corrected chi connectivity index (χ0v) is 18.9. The lowest BCUT2D eigenvalue weighted by atomic mass is 9.41. The van der Waals surface area contributed by atoms with Crippen LogP contribution in [0.2, 0.25) is 0 Å². The van der Waals surface area contributed by atoms with E-state index in [4.69, 9.17) is 4.11 Å². The van der Waals surface area contributed by atoms with Crippen LogP contribution in [-0.2, 0) is 4.79 Å². The molecule has 4 heteroatoms. The molecule has 0 bridgehead atoms. The minimum absolute atomic E-state index is 0.0734.